The van der Waals surface area contributed by atoms with Gasteiger partial charge in [-0.3, -0.25) is 4.79 Å². The minimum absolute atomic E-state index is 0.0457. The first-order chi connectivity index (χ1) is 7.22. The van der Waals surface area contributed by atoms with Crippen LogP contribution in [0.5, 0.6) is 0 Å². The van der Waals surface area contributed by atoms with Gasteiger partial charge >= 0.3 is 0 Å². The van der Waals surface area contributed by atoms with Gasteiger partial charge in [0.1, 0.15) is 0 Å². The molecule has 0 saturated carbocycles. The summed E-state index contributed by atoms with van der Waals surface area (Å²) in [5.41, 5.74) is 7.40. The molecule has 0 unspecified atom stereocenters. The average molecular weight is 237 g/mol. The van der Waals surface area contributed by atoms with Crippen LogP contribution in [0, 0.1) is 0 Å². The minimum atomic E-state index is 0.0457. The van der Waals surface area contributed by atoms with Crippen molar-refractivity contribution in [2.75, 3.05) is 16.8 Å². The highest BCUT2D eigenvalue weighted by molar-refractivity contribution is 8.00. The number of nitrogens with two attached hydrogens (primary N) is 1. The Kier molecular flexibility index (Phi) is 1.86. The Morgan fingerprint density at radius 3 is 3.20 bits per heavy atom. The molecule has 1 aromatic heterocycles. The Labute approximate surface area is 93.9 Å². The van der Waals surface area contributed by atoms with Crippen molar-refractivity contribution in [3.05, 3.63) is 12.1 Å². The zero-order valence-electron chi connectivity index (χ0n) is 7.61. The van der Waals surface area contributed by atoms with Crippen LogP contribution in [0.1, 0.15) is 0 Å². The molecular weight excluding hydrogens is 230 g/mol. The van der Waals surface area contributed by atoms with Crippen LogP contribution in [0.3, 0.4) is 0 Å². The molecule has 0 spiro atoms. The predicted molar refractivity (Wildman–Crippen MR) is 63.4 cm³/mol. The van der Waals surface area contributed by atoms with E-state index in [1.165, 1.54) is 23.1 Å². The number of amides is 1. The number of aromatic nitrogens is 1. The standard InChI is InChI=1S/C9H7N3OS2/c10-9-12-5-1-6-4(2-7(5)15-9)11-8(13)3-14-6/h1-2H,3H2,(H2,10,12)(H,11,13). The van der Waals surface area contributed by atoms with Crippen LogP contribution in [-0.2, 0) is 4.79 Å². The quantitative estimate of drug-likeness (QED) is 0.734. The molecular formula is C9H7N3OS2. The zero-order chi connectivity index (χ0) is 10.4. The van der Waals surface area contributed by atoms with Crippen LogP contribution in [-0.4, -0.2) is 16.6 Å². The summed E-state index contributed by atoms with van der Waals surface area (Å²) in [6, 6.07) is 3.91. The summed E-state index contributed by atoms with van der Waals surface area (Å²) in [5, 5.41) is 3.40. The molecule has 0 aliphatic carbocycles. The molecule has 2 aromatic rings. The van der Waals surface area contributed by atoms with Crippen LogP contribution in [0.4, 0.5) is 10.8 Å². The summed E-state index contributed by atoms with van der Waals surface area (Å²) >= 11 is 2.96. The summed E-state index contributed by atoms with van der Waals surface area (Å²) in [7, 11) is 0. The summed E-state index contributed by atoms with van der Waals surface area (Å²) in [6.45, 7) is 0. The Balaban J connectivity index is 2.23. The van der Waals surface area contributed by atoms with Crippen molar-refractivity contribution in [3.63, 3.8) is 0 Å². The fourth-order valence-electron chi connectivity index (χ4n) is 1.52. The van der Waals surface area contributed by atoms with E-state index >= 15 is 0 Å². The van der Waals surface area contributed by atoms with E-state index in [2.05, 4.69) is 10.3 Å². The normalized spacial score (nSPS) is 15.1. The third-order valence-electron chi connectivity index (χ3n) is 2.14. The van der Waals surface area contributed by atoms with Crippen molar-refractivity contribution >= 4 is 50.0 Å². The molecule has 1 aliphatic rings. The maximum absolute atomic E-state index is 11.2. The number of carbonyl (C=O) groups is 1. The molecule has 76 valence electrons. The Hall–Kier alpha value is -1.27. The maximum Gasteiger partial charge on any atom is 0.234 e. The number of hydrogen-bond donors (Lipinski definition) is 2. The van der Waals surface area contributed by atoms with Crippen molar-refractivity contribution in [2.24, 2.45) is 0 Å². The Morgan fingerprint density at radius 2 is 2.33 bits per heavy atom. The zero-order valence-corrected chi connectivity index (χ0v) is 9.24. The van der Waals surface area contributed by atoms with Gasteiger partial charge in [0.25, 0.3) is 0 Å². The van der Waals surface area contributed by atoms with Crippen LogP contribution in [0.15, 0.2) is 17.0 Å². The smallest absolute Gasteiger partial charge is 0.234 e. The average Bonchev–Trinajstić information content (AvgIpc) is 2.53. The number of nitrogens with one attached hydrogen (secondary N) is 1. The monoisotopic (exact) mass is 237 g/mol. The van der Waals surface area contributed by atoms with Gasteiger partial charge in [0.05, 0.1) is 21.7 Å². The molecule has 15 heavy (non-hydrogen) atoms. The molecule has 6 heteroatoms. The van der Waals surface area contributed by atoms with E-state index in [-0.39, 0.29) is 5.91 Å². The number of carbonyl (C=O) groups excluding carboxylic acids is 1. The molecule has 1 aromatic carbocycles. The molecule has 3 rings (SSSR count). The molecule has 4 nitrogen and oxygen atoms in total. The van der Waals surface area contributed by atoms with Crippen LogP contribution in [0.2, 0.25) is 0 Å². The van der Waals surface area contributed by atoms with E-state index in [4.69, 9.17) is 5.73 Å². The largest absolute Gasteiger partial charge is 0.375 e. The van der Waals surface area contributed by atoms with Crippen molar-refractivity contribution in [1.82, 2.24) is 4.98 Å². The summed E-state index contributed by atoms with van der Waals surface area (Å²) in [5.74, 6) is 0.516. The molecule has 2 heterocycles. The highest BCUT2D eigenvalue weighted by Crippen LogP contribution is 2.37. The fraction of sp³-hybridized carbons (Fsp3) is 0.111. The first-order valence-corrected chi connectivity index (χ1v) is 6.15. The van der Waals surface area contributed by atoms with Crippen molar-refractivity contribution in [1.29, 1.82) is 0 Å². The highest BCUT2D eigenvalue weighted by Gasteiger charge is 2.17. The van der Waals surface area contributed by atoms with Crippen LogP contribution < -0.4 is 11.1 Å². The number of hydrogen-bond acceptors (Lipinski definition) is 5. The first kappa shape index (κ1) is 8.99. The fourth-order valence-corrected chi connectivity index (χ4v) is 3.09. The lowest BCUT2D eigenvalue weighted by molar-refractivity contribution is -0.113. The van der Waals surface area contributed by atoms with Gasteiger partial charge in [0.2, 0.25) is 5.91 Å². The van der Waals surface area contributed by atoms with Crippen molar-refractivity contribution in [2.45, 2.75) is 4.90 Å². The van der Waals surface area contributed by atoms with Crippen LogP contribution in [0.25, 0.3) is 10.2 Å². The maximum atomic E-state index is 11.2. The van der Waals surface area contributed by atoms with Gasteiger partial charge in [-0.2, -0.15) is 0 Å². The molecule has 0 fully saturated rings. The molecule has 0 radical (unpaired) electrons. The summed E-state index contributed by atoms with van der Waals surface area (Å²) in [6.07, 6.45) is 0. The molecule has 0 saturated heterocycles. The first-order valence-electron chi connectivity index (χ1n) is 4.35. The Bertz CT molecular complexity index is 564. The van der Waals surface area contributed by atoms with E-state index in [1.54, 1.807) is 0 Å². The molecule has 1 aliphatic heterocycles. The number of rotatable bonds is 0. The lowest BCUT2D eigenvalue weighted by atomic mass is 10.3. The van der Waals surface area contributed by atoms with E-state index in [0.717, 1.165) is 20.8 Å². The van der Waals surface area contributed by atoms with E-state index < -0.39 is 0 Å². The number of nitrogens with zero attached hydrogens (tertiary/aromatic N) is 1. The van der Waals surface area contributed by atoms with Gasteiger partial charge in [-0.05, 0) is 12.1 Å². The Morgan fingerprint density at radius 1 is 1.47 bits per heavy atom. The van der Waals surface area contributed by atoms with Gasteiger partial charge in [-0.25, -0.2) is 4.98 Å². The van der Waals surface area contributed by atoms with Gasteiger partial charge in [-0.15, -0.1) is 11.8 Å². The third-order valence-corrected chi connectivity index (χ3v) is 4.04. The van der Waals surface area contributed by atoms with E-state index in [9.17, 15) is 4.79 Å². The van der Waals surface area contributed by atoms with E-state index in [1.807, 2.05) is 12.1 Å². The second-order valence-electron chi connectivity index (χ2n) is 3.21. The summed E-state index contributed by atoms with van der Waals surface area (Å²) in [4.78, 5) is 16.5. The predicted octanol–water partition coefficient (Wildman–Crippen LogP) is 1.92. The lowest BCUT2D eigenvalue weighted by Crippen LogP contribution is -2.18. The number of benzene rings is 1. The van der Waals surface area contributed by atoms with Gasteiger partial charge < -0.3 is 11.1 Å². The summed E-state index contributed by atoms with van der Waals surface area (Å²) < 4.78 is 1.01. The van der Waals surface area contributed by atoms with Gasteiger partial charge in [0, 0.05) is 4.90 Å². The SMILES string of the molecule is Nc1nc2cc3c(cc2s1)NC(=O)CS3. The lowest BCUT2D eigenvalue weighted by Gasteiger charge is -2.15. The number of fused-ring (bicyclic) bond motifs is 2. The van der Waals surface area contributed by atoms with E-state index in [0.29, 0.717) is 10.9 Å². The van der Waals surface area contributed by atoms with Gasteiger partial charge in [-0.1, -0.05) is 11.3 Å². The minimum Gasteiger partial charge on any atom is -0.375 e. The topological polar surface area (TPSA) is 68.0 Å². The molecule has 0 atom stereocenters. The number of nitrogen functional groups attached to an aromatic ring is 1. The van der Waals surface area contributed by atoms with Crippen molar-refractivity contribution in [3.8, 4) is 0 Å². The number of anilines is 2. The van der Waals surface area contributed by atoms with Crippen LogP contribution >= 0.6 is 23.1 Å². The molecule has 0 bridgehead atoms. The second-order valence-corrected chi connectivity index (χ2v) is 5.28. The third kappa shape index (κ3) is 1.46. The van der Waals surface area contributed by atoms with Crippen molar-refractivity contribution < 1.29 is 4.79 Å². The molecule has 3 N–H and O–H groups in total. The number of thioether (sulfide) groups is 1. The van der Waals surface area contributed by atoms with Gasteiger partial charge in [0.15, 0.2) is 5.13 Å². The highest BCUT2D eigenvalue weighted by atomic mass is 32.2. The second kappa shape index (κ2) is 3.11. The number of thiazole rings is 1. The molecule has 1 amide bonds.